The van der Waals surface area contributed by atoms with Gasteiger partial charge in [-0.05, 0) is 6.92 Å². The van der Waals surface area contributed by atoms with Gasteiger partial charge in [0.1, 0.15) is 0 Å². The fourth-order valence-corrected chi connectivity index (χ4v) is 4.29. The number of aryl methyl sites for hydroxylation is 3. The van der Waals surface area contributed by atoms with Gasteiger partial charge in [-0.2, -0.15) is 0 Å². The van der Waals surface area contributed by atoms with Gasteiger partial charge in [0.05, 0.1) is 26.3 Å². The second kappa shape index (κ2) is 8.21. The average molecular weight is 582 g/mol. The number of hydrazine groups is 1. The van der Waals surface area contributed by atoms with E-state index in [0.717, 1.165) is 27.8 Å². The van der Waals surface area contributed by atoms with Crippen LogP contribution in [-0.2, 0) is 40.3 Å². The second-order valence-corrected chi connectivity index (χ2v) is 7.95. The zero-order valence-electron chi connectivity index (χ0n) is 16.6. The monoisotopic (exact) mass is 581 g/mol. The first-order valence-electron chi connectivity index (χ1n) is 9.35. The maximum absolute atomic E-state index is 13.2. The molecule has 29 heavy (non-hydrogen) atoms. The standard InChI is InChI=1S/C22H22ClN2O3.W/c1-14-4-6-17(7-5-14)18-13-19(16(3)12-15(18)2)22(23)20(26)24-8-10-28-11-9-25(24)21(22)27;/h4-7,12H,8-11H2,1-3H3;/q-1;. The van der Waals surface area contributed by atoms with Crippen molar-refractivity contribution >= 4 is 23.4 Å². The molecule has 2 heterocycles. The van der Waals surface area contributed by atoms with Crippen molar-refractivity contribution in [2.24, 2.45) is 0 Å². The van der Waals surface area contributed by atoms with Gasteiger partial charge < -0.3 is 4.74 Å². The second-order valence-electron chi connectivity index (χ2n) is 7.38. The molecular formula is C22H22ClN2O3W-. The molecule has 0 spiro atoms. The fourth-order valence-electron chi connectivity index (χ4n) is 3.90. The minimum Gasteiger partial charge on any atom is -0.378 e. The van der Waals surface area contributed by atoms with Crippen LogP contribution in [0.5, 0.6) is 0 Å². The van der Waals surface area contributed by atoms with Crippen LogP contribution in [0.25, 0.3) is 11.1 Å². The molecule has 0 unspecified atom stereocenters. The Labute approximate surface area is 190 Å². The van der Waals surface area contributed by atoms with Crippen LogP contribution in [0.2, 0.25) is 0 Å². The number of fused-ring (bicyclic) bond motifs is 1. The number of carbonyl (C=O) groups is 2. The quantitative estimate of drug-likeness (QED) is 0.311. The van der Waals surface area contributed by atoms with Gasteiger partial charge >= 0.3 is 0 Å². The first kappa shape index (κ1) is 22.0. The average Bonchev–Trinajstić information content (AvgIpc) is 2.85. The number of halogens is 1. The van der Waals surface area contributed by atoms with Gasteiger partial charge in [-0.3, -0.25) is 9.59 Å². The molecule has 0 N–H and O–H groups in total. The van der Waals surface area contributed by atoms with Crippen LogP contribution in [0.3, 0.4) is 0 Å². The molecule has 0 aliphatic carbocycles. The SMILES string of the molecule is Cc1ccc(-c2[c-]c(C3(Cl)C(=O)N4CCOCCN4C3=O)c(C)cc2C)cc1.[W]. The Morgan fingerprint density at radius 2 is 1.52 bits per heavy atom. The minimum atomic E-state index is -1.78. The number of benzene rings is 2. The number of rotatable bonds is 2. The zero-order chi connectivity index (χ0) is 20.1. The van der Waals surface area contributed by atoms with E-state index in [0.29, 0.717) is 31.9 Å². The molecule has 5 nitrogen and oxygen atoms in total. The molecule has 2 aromatic rings. The molecule has 2 amide bonds. The van der Waals surface area contributed by atoms with Gasteiger partial charge in [0.25, 0.3) is 11.8 Å². The van der Waals surface area contributed by atoms with Crippen molar-refractivity contribution in [1.29, 1.82) is 0 Å². The van der Waals surface area contributed by atoms with E-state index in [1.54, 1.807) is 0 Å². The molecule has 4 rings (SSSR count). The Bertz CT molecular complexity index is 937. The summed E-state index contributed by atoms with van der Waals surface area (Å²) in [5, 5.41) is 2.84. The van der Waals surface area contributed by atoms with E-state index in [9.17, 15) is 9.59 Å². The van der Waals surface area contributed by atoms with Crippen molar-refractivity contribution in [3.63, 3.8) is 0 Å². The van der Waals surface area contributed by atoms with Crippen LogP contribution in [0.15, 0.2) is 30.3 Å². The van der Waals surface area contributed by atoms with Crippen molar-refractivity contribution in [2.45, 2.75) is 25.6 Å². The van der Waals surface area contributed by atoms with Crippen LogP contribution in [-0.4, -0.2) is 48.1 Å². The summed E-state index contributed by atoms with van der Waals surface area (Å²) < 4.78 is 5.39. The number of hydrogen-bond acceptors (Lipinski definition) is 3. The van der Waals surface area contributed by atoms with Crippen molar-refractivity contribution in [1.82, 2.24) is 10.0 Å². The molecule has 2 aromatic carbocycles. The summed E-state index contributed by atoms with van der Waals surface area (Å²) in [6, 6.07) is 13.4. The number of nitrogens with zero attached hydrogens (tertiary/aromatic N) is 2. The third-order valence-corrected chi connectivity index (χ3v) is 5.91. The van der Waals surface area contributed by atoms with E-state index >= 15 is 0 Å². The summed E-state index contributed by atoms with van der Waals surface area (Å²) in [6.07, 6.45) is 0. The molecular weight excluding hydrogens is 560 g/mol. The molecule has 152 valence electrons. The van der Waals surface area contributed by atoms with Crippen molar-refractivity contribution in [2.75, 3.05) is 26.3 Å². The Hall–Kier alpha value is -1.68. The molecule has 2 fully saturated rings. The first-order chi connectivity index (χ1) is 13.3. The summed E-state index contributed by atoms with van der Waals surface area (Å²) >= 11 is 6.81. The van der Waals surface area contributed by atoms with Crippen LogP contribution in [0.4, 0.5) is 0 Å². The molecule has 0 aromatic heterocycles. The molecule has 2 aliphatic rings. The number of carbonyl (C=O) groups excluding carboxylic acids is 2. The van der Waals surface area contributed by atoms with Crippen LogP contribution < -0.4 is 0 Å². The molecule has 0 atom stereocenters. The first-order valence-corrected chi connectivity index (χ1v) is 9.73. The summed E-state index contributed by atoms with van der Waals surface area (Å²) in [5.41, 5.74) is 5.21. The Morgan fingerprint density at radius 3 is 2.07 bits per heavy atom. The van der Waals surface area contributed by atoms with Gasteiger partial charge in [0.15, 0.2) is 0 Å². The van der Waals surface area contributed by atoms with Crippen LogP contribution >= 0.6 is 11.6 Å². The Kier molecular flexibility index (Phi) is 6.24. The molecule has 2 saturated heterocycles. The molecule has 0 radical (unpaired) electrons. The van der Waals surface area contributed by atoms with Crippen molar-refractivity contribution in [3.05, 3.63) is 58.7 Å². The van der Waals surface area contributed by atoms with Gasteiger partial charge in [-0.15, -0.1) is 28.8 Å². The van der Waals surface area contributed by atoms with Crippen molar-refractivity contribution < 1.29 is 35.4 Å². The largest absolute Gasteiger partial charge is 0.378 e. The summed E-state index contributed by atoms with van der Waals surface area (Å²) in [5.74, 6) is -0.856. The number of alkyl halides is 1. The molecule has 2 aliphatic heterocycles. The van der Waals surface area contributed by atoms with Crippen LogP contribution in [0, 0.1) is 26.8 Å². The van der Waals surface area contributed by atoms with E-state index < -0.39 is 16.7 Å². The normalized spacial score (nSPS) is 18.3. The predicted octanol–water partition coefficient (Wildman–Crippen LogP) is 3.13. The van der Waals surface area contributed by atoms with Gasteiger partial charge in [0.2, 0.25) is 4.87 Å². The number of hydrogen-bond donors (Lipinski definition) is 0. The van der Waals surface area contributed by atoms with Crippen LogP contribution in [0.1, 0.15) is 22.3 Å². The van der Waals surface area contributed by atoms with E-state index in [4.69, 9.17) is 16.3 Å². The summed E-state index contributed by atoms with van der Waals surface area (Å²) in [7, 11) is 0. The maximum atomic E-state index is 13.2. The predicted molar refractivity (Wildman–Crippen MR) is 107 cm³/mol. The smallest absolute Gasteiger partial charge is 0.275 e. The van der Waals surface area contributed by atoms with Gasteiger partial charge in [-0.1, -0.05) is 66.4 Å². The van der Waals surface area contributed by atoms with Crippen molar-refractivity contribution in [3.8, 4) is 11.1 Å². The Morgan fingerprint density at radius 1 is 0.966 bits per heavy atom. The fraction of sp³-hybridized carbons (Fsp3) is 0.364. The number of amides is 2. The summed E-state index contributed by atoms with van der Waals surface area (Å²) in [4.78, 5) is 24.6. The summed E-state index contributed by atoms with van der Waals surface area (Å²) in [6.45, 7) is 7.28. The minimum absolute atomic E-state index is 0. The third kappa shape index (κ3) is 3.54. The number of ether oxygens (including phenoxy) is 1. The van der Waals surface area contributed by atoms with E-state index in [-0.39, 0.29) is 21.1 Å². The Balaban J connectivity index is 0.00000240. The van der Waals surface area contributed by atoms with E-state index in [2.05, 4.69) is 6.07 Å². The maximum Gasteiger partial charge on any atom is 0.275 e. The topological polar surface area (TPSA) is 49.9 Å². The van der Waals surface area contributed by atoms with Gasteiger partial charge in [-0.25, -0.2) is 10.0 Å². The molecule has 0 saturated carbocycles. The van der Waals surface area contributed by atoms with Gasteiger partial charge in [0, 0.05) is 21.1 Å². The molecule has 0 bridgehead atoms. The molecule has 7 heteroatoms. The van der Waals surface area contributed by atoms with E-state index in [1.165, 1.54) is 10.0 Å². The third-order valence-electron chi connectivity index (χ3n) is 5.40. The zero-order valence-corrected chi connectivity index (χ0v) is 20.3. The van der Waals surface area contributed by atoms with E-state index in [1.807, 2.05) is 51.1 Å².